The number of ether oxygens (including phenoxy) is 2. The molecule has 2 aliphatic rings. The second-order valence-corrected chi connectivity index (χ2v) is 8.81. The Morgan fingerprint density at radius 2 is 1.68 bits per heavy atom. The Morgan fingerprint density at radius 1 is 1.07 bits per heavy atom. The van der Waals surface area contributed by atoms with E-state index >= 15 is 0 Å². The summed E-state index contributed by atoms with van der Waals surface area (Å²) < 4.78 is 9.83. The van der Waals surface area contributed by atoms with Gasteiger partial charge in [0.25, 0.3) is 0 Å². The molecule has 16 nitrogen and oxygen atoms in total. The smallest absolute Gasteiger partial charge is 0.465 e. The highest BCUT2D eigenvalue weighted by Crippen LogP contribution is 2.32. The lowest BCUT2D eigenvalue weighted by Gasteiger charge is -2.37. The van der Waals surface area contributed by atoms with Crippen molar-refractivity contribution in [2.75, 3.05) is 53.5 Å². The van der Waals surface area contributed by atoms with E-state index in [4.69, 9.17) is 9.47 Å². The van der Waals surface area contributed by atoms with Crippen molar-refractivity contribution in [1.29, 1.82) is 0 Å². The van der Waals surface area contributed by atoms with Crippen LogP contribution in [-0.4, -0.2) is 109 Å². The largest absolute Gasteiger partial charge is 1.00 e. The summed E-state index contributed by atoms with van der Waals surface area (Å²) in [6.07, 6.45) is 4.46. The van der Waals surface area contributed by atoms with E-state index in [1.807, 2.05) is 23.9 Å². The fourth-order valence-electron chi connectivity index (χ4n) is 3.89. The first kappa shape index (κ1) is 36.1. The number of nitro groups is 2. The maximum atomic E-state index is 12.2. The van der Waals surface area contributed by atoms with E-state index < -0.39 is 27.4 Å². The molecule has 2 saturated heterocycles. The van der Waals surface area contributed by atoms with Crippen LogP contribution in [0.1, 0.15) is 41.0 Å². The maximum Gasteiger partial charge on any atom is 1.00 e. The van der Waals surface area contributed by atoms with Gasteiger partial charge in [0.15, 0.2) is 15.8 Å². The van der Waals surface area contributed by atoms with Crippen molar-refractivity contribution in [2.24, 2.45) is 21.5 Å². The van der Waals surface area contributed by atoms with E-state index in [0.717, 1.165) is 19.0 Å². The predicted molar refractivity (Wildman–Crippen MR) is 145 cm³/mol. The third-order valence-corrected chi connectivity index (χ3v) is 5.80. The van der Waals surface area contributed by atoms with E-state index in [2.05, 4.69) is 16.8 Å². The van der Waals surface area contributed by atoms with Gasteiger partial charge in [-0.2, -0.15) is 0 Å². The molecule has 40 heavy (non-hydrogen) atoms. The number of carbonyl (C=O) groups excluding carboxylic acids is 4. The number of Topliss-reactive ketones (excluding diaryl/α,β-unsaturated/α-hetero) is 2. The SMILES string of the molecule is C=C/C=N\[N+](=O)[O-].CCOC(=O)C1(CC/C=N\[N+](=O)[O-])CN(C)CCC1=O.CCOC(=O)C1CN(C)CCC1=O.[H+]. The van der Waals surface area contributed by atoms with Gasteiger partial charge in [-0.15, -0.1) is 0 Å². The number of nitrogens with zero attached hydrogens (tertiary/aromatic N) is 6. The van der Waals surface area contributed by atoms with Crippen LogP contribution >= 0.6 is 0 Å². The molecule has 0 radical (unpaired) electrons. The molecule has 2 unspecified atom stereocenters. The molecule has 0 aromatic rings. The summed E-state index contributed by atoms with van der Waals surface area (Å²) in [6.45, 7) is 9.25. The first-order valence-electron chi connectivity index (χ1n) is 12.6. The average Bonchev–Trinajstić information content (AvgIpc) is 2.89. The van der Waals surface area contributed by atoms with Crippen molar-refractivity contribution in [3.63, 3.8) is 0 Å². The van der Waals surface area contributed by atoms with Gasteiger partial charge in [0, 0.05) is 39.0 Å². The Hall–Kier alpha value is -3.92. The van der Waals surface area contributed by atoms with E-state index in [9.17, 15) is 39.4 Å². The van der Waals surface area contributed by atoms with Gasteiger partial charge in [0.05, 0.1) is 29.6 Å². The molecule has 0 spiro atoms. The fourth-order valence-corrected chi connectivity index (χ4v) is 3.89. The third-order valence-electron chi connectivity index (χ3n) is 5.80. The van der Waals surface area contributed by atoms with Crippen LogP contribution in [0.4, 0.5) is 0 Å². The molecule has 0 aromatic carbocycles. The molecule has 2 fully saturated rings. The number of hydrazone groups is 2. The molecule has 2 atom stereocenters. The number of carbonyl (C=O) groups is 4. The second-order valence-electron chi connectivity index (χ2n) is 8.81. The monoisotopic (exact) mass is 571 g/mol. The zero-order chi connectivity index (χ0) is 30.7. The molecule has 2 heterocycles. The Morgan fingerprint density at radius 3 is 2.20 bits per heavy atom. The summed E-state index contributed by atoms with van der Waals surface area (Å²) in [5.74, 6) is -1.64. The summed E-state index contributed by atoms with van der Waals surface area (Å²) >= 11 is 0. The number of allylic oxidation sites excluding steroid dienone is 1. The molecule has 0 aromatic heterocycles. The molecule has 0 saturated carbocycles. The lowest BCUT2D eigenvalue weighted by atomic mass is 9.75. The minimum atomic E-state index is -1.23. The molecule has 224 valence electrons. The highest BCUT2D eigenvalue weighted by atomic mass is 16.7. The lowest BCUT2D eigenvalue weighted by Crippen LogP contribution is -2.53. The number of hydrogen-bond acceptors (Lipinski definition) is 12. The summed E-state index contributed by atoms with van der Waals surface area (Å²) in [7, 11) is 3.73. The molecule has 0 amide bonds. The zero-order valence-electron chi connectivity index (χ0n) is 24.4. The van der Waals surface area contributed by atoms with Gasteiger partial charge in [0.1, 0.15) is 23.3 Å². The van der Waals surface area contributed by atoms with Crippen molar-refractivity contribution < 1.29 is 40.1 Å². The molecule has 0 bridgehead atoms. The van der Waals surface area contributed by atoms with Gasteiger partial charge in [0.2, 0.25) is 0 Å². The molecular weight excluding hydrogens is 532 g/mol. The van der Waals surface area contributed by atoms with Crippen LogP contribution < -0.4 is 0 Å². The highest BCUT2D eigenvalue weighted by molar-refractivity contribution is 6.05. The second kappa shape index (κ2) is 19.2. The highest BCUT2D eigenvalue weighted by Gasteiger charge is 2.49. The summed E-state index contributed by atoms with van der Waals surface area (Å²) in [6, 6.07) is 0. The fraction of sp³-hybridized carbons (Fsp3) is 0.667. The molecule has 0 aliphatic carbocycles. The van der Waals surface area contributed by atoms with Crippen molar-refractivity contribution in [1.82, 2.24) is 9.80 Å². The van der Waals surface area contributed by atoms with Crippen molar-refractivity contribution in [2.45, 2.75) is 39.5 Å². The quantitative estimate of drug-likeness (QED) is 0.119. The van der Waals surface area contributed by atoms with Gasteiger partial charge < -0.3 is 19.3 Å². The van der Waals surface area contributed by atoms with E-state index in [-0.39, 0.29) is 51.4 Å². The predicted octanol–water partition coefficient (Wildman–Crippen LogP) is 1.10. The Kier molecular flexibility index (Phi) is 17.3. The summed E-state index contributed by atoms with van der Waals surface area (Å²) in [4.78, 5) is 70.3. The van der Waals surface area contributed by atoms with Crippen LogP contribution in [0.25, 0.3) is 0 Å². The Balaban J connectivity index is 0. The van der Waals surface area contributed by atoms with Gasteiger partial charge in [-0.05, 0) is 46.9 Å². The van der Waals surface area contributed by atoms with Crippen LogP contribution in [0.15, 0.2) is 22.9 Å². The normalized spacial score (nSPS) is 21.6. The van der Waals surface area contributed by atoms with Crippen LogP contribution in [0.2, 0.25) is 0 Å². The van der Waals surface area contributed by atoms with E-state index in [1.165, 1.54) is 6.08 Å². The molecule has 0 N–H and O–H groups in total. The number of rotatable bonds is 10. The number of esters is 2. The minimum absolute atomic E-state index is 0. The van der Waals surface area contributed by atoms with Crippen LogP contribution in [0.3, 0.4) is 0 Å². The van der Waals surface area contributed by atoms with Crippen LogP contribution in [-0.2, 0) is 28.7 Å². The molecule has 16 heteroatoms. The maximum absolute atomic E-state index is 12.2. The van der Waals surface area contributed by atoms with Crippen molar-refractivity contribution in [3.8, 4) is 0 Å². The lowest BCUT2D eigenvalue weighted by molar-refractivity contribution is -0.484. The van der Waals surface area contributed by atoms with Crippen molar-refractivity contribution >= 4 is 35.9 Å². The zero-order valence-corrected chi connectivity index (χ0v) is 23.4. The molecule has 2 aliphatic heterocycles. The van der Waals surface area contributed by atoms with Crippen LogP contribution in [0, 0.1) is 31.6 Å². The Labute approximate surface area is 233 Å². The third kappa shape index (κ3) is 13.2. The van der Waals surface area contributed by atoms with Gasteiger partial charge in [-0.25, -0.2) is 20.2 Å². The first-order valence-corrected chi connectivity index (χ1v) is 12.6. The molecular formula is C24H39N6O10+. The molecule has 2 rings (SSSR count). The minimum Gasteiger partial charge on any atom is -0.465 e. The van der Waals surface area contributed by atoms with Gasteiger partial charge in [-0.1, -0.05) is 6.58 Å². The topological polar surface area (TPSA) is 204 Å². The van der Waals surface area contributed by atoms with Crippen LogP contribution in [0.5, 0.6) is 0 Å². The van der Waals surface area contributed by atoms with Gasteiger partial charge in [-0.3, -0.25) is 19.2 Å². The first-order chi connectivity index (χ1) is 18.8. The van der Waals surface area contributed by atoms with Crippen molar-refractivity contribution in [3.05, 3.63) is 32.9 Å². The standard InChI is InChI=1S/C12H19N3O5.C9H15NO3.C3H4N2O2/c1-3-20-11(17)12(6-4-7-13-15(18)19)9-14(2)8-5-10(12)16;1-3-13-9(12)7-6-10(2)5-4-8(7)11;1-2-3-4-5(6)7/h7H,3-6,8-9H2,1-2H3;7H,3-6H2,1-2H3;2-3H,1H2/p+1/b13-7-;;4-3-. The summed E-state index contributed by atoms with van der Waals surface area (Å²) in [5.41, 5.74) is -1.23. The number of piperidine rings is 2. The average molecular weight is 572 g/mol. The number of hydrogen-bond donors (Lipinski definition) is 0. The number of ketones is 2. The van der Waals surface area contributed by atoms with E-state index in [0.29, 0.717) is 26.1 Å². The summed E-state index contributed by atoms with van der Waals surface area (Å²) in [5, 5.41) is 23.6. The number of likely N-dealkylation sites (tertiary alicyclic amines) is 2. The van der Waals surface area contributed by atoms with E-state index in [1.54, 1.807) is 13.8 Å². The Bertz CT molecular complexity index is 977. The van der Waals surface area contributed by atoms with Gasteiger partial charge >= 0.3 is 13.4 Å².